The second kappa shape index (κ2) is 13.4. The maximum atomic E-state index is 13.7. The molecule has 0 radical (unpaired) electrons. The molecule has 0 aliphatic heterocycles. The summed E-state index contributed by atoms with van der Waals surface area (Å²) in [6.07, 6.45) is -0.718. The lowest BCUT2D eigenvalue weighted by Gasteiger charge is -2.35. The van der Waals surface area contributed by atoms with Gasteiger partial charge >= 0.3 is 27.1 Å². The zero-order valence-corrected chi connectivity index (χ0v) is 21.5. The number of carbonyl (C=O) groups is 2. The highest BCUT2D eigenvalue weighted by Crippen LogP contribution is 2.72. The van der Waals surface area contributed by atoms with Crippen LogP contribution in [0, 0.1) is 5.41 Å². The maximum absolute atomic E-state index is 13.7. The van der Waals surface area contributed by atoms with Gasteiger partial charge in [0.1, 0.15) is 6.61 Å². The first-order valence-corrected chi connectivity index (χ1v) is 14.0. The molecule has 1 aromatic rings. The van der Waals surface area contributed by atoms with Crippen LogP contribution in [0.15, 0.2) is 30.3 Å². The Balaban J connectivity index is 3.43. The fourth-order valence-electron chi connectivity index (χ4n) is 3.04. The van der Waals surface area contributed by atoms with Gasteiger partial charge in [0.25, 0.3) is 0 Å². The van der Waals surface area contributed by atoms with Crippen LogP contribution in [0.3, 0.4) is 0 Å². The van der Waals surface area contributed by atoms with E-state index in [4.69, 9.17) is 22.8 Å². The summed E-state index contributed by atoms with van der Waals surface area (Å²) >= 11 is 0. The van der Waals surface area contributed by atoms with Gasteiger partial charge in [-0.25, -0.2) is 0 Å². The van der Waals surface area contributed by atoms with Gasteiger partial charge in [-0.1, -0.05) is 30.3 Å². The van der Waals surface area contributed by atoms with Crippen molar-refractivity contribution in [3.05, 3.63) is 35.9 Å². The van der Waals surface area contributed by atoms with Crippen LogP contribution in [0.25, 0.3) is 0 Å². The molecule has 0 saturated carbocycles. The summed E-state index contributed by atoms with van der Waals surface area (Å²) < 4.78 is 54.1. The van der Waals surface area contributed by atoms with Crippen LogP contribution in [0.1, 0.15) is 46.6 Å². The highest BCUT2D eigenvalue weighted by Gasteiger charge is 2.57. The summed E-state index contributed by atoms with van der Waals surface area (Å²) in [5.41, 5.74) is -1.59. The predicted octanol–water partition coefficient (Wildman–Crippen LogP) is 5.07. The molecule has 0 aromatic heterocycles. The number of hydrogen-bond donors (Lipinski definition) is 1. The Morgan fingerprint density at radius 3 is 1.67 bits per heavy atom. The average molecular weight is 508 g/mol. The lowest BCUT2D eigenvalue weighted by molar-refractivity contribution is -0.168. The van der Waals surface area contributed by atoms with Crippen molar-refractivity contribution in [2.75, 3.05) is 26.4 Å². The quantitative estimate of drug-likeness (QED) is 0.183. The molecule has 1 unspecified atom stereocenters. The molecule has 1 rings (SSSR count). The number of rotatable bonds is 16. The van der Waals surface area contributed by atoms with E-state index in [2.05, 4.69) is 0 Å². The minimum Gasteiger partial charge on any atom is -0.480 e. The fourth-order valence-corrected chi connectivity index (χ4v) is 8.68. The number of carbonyl (C=O) groups excluding carboxylic acids is 1. The van der Waals surface area contributed by atoms with Crippen molar-refractivity contribution in [1.29, 1.82) is 0 Å². The minimum atomic E-state index is -4.25. The second-order valence-electron chi connectivity index (χ2n) is 7.13. The zero-order valence-electron chi connectivity index (χ0n) is 19.7. The largest absolute Gasteiger partial charge is 0.480 e. The lowest BCUT2D eigenvalue weighted by Crippen LogP contribution is -2.41. The normalized spacial score (nSPS) is 14.1. The van der Waals surface area contributed by atoms with Gasteiger partial charge in [-0.3, -0.25) is 18.7 Å². The number of aliphatic carboxylic acids is 1. The first-order valence-electron chi connectivity index (χ1n) is 10.7. The molecule has 188 valence electrons. The first kappa shape index (κ1) is 29.5. The molecule has 1 atom stereocenters. The van der Waals surface area contributed by atoms with E-state index in [0.29, 0.717) is 5.56 Å². The molecule has 1 N–H and O–H groups in total. The molecule has 33 heavy (non-hydrogen) atoms. The van der Waals surface area contributed by atoms with E-state index >= 15 is 0 Å². The van der Waals surface area contributed by atoms with Gasteiger partial charge in [-0.2, -0.15) is 0 Å². The van der Waals surface area contributed by atoms with Crippen molar-refractivity contribution in [2.45, 2.75) is 53.0 Å². The van der Waals surface area contributed by atoms with Crippen molar-refractivity contribution in [2.24, 2.45) is 5.41 Å². The summed E-state index contributed by atoms with van der Waals surface area (Å²) in [7, 11) is -8.49. The summed E-state index contributed by atoms with van der Waals surface area (Å²) in [6.45, 7) is 6.86. The summed E-state index contributed by atoms with van der Waals surface area (Å²) in [4.78, 5) is 25.2. The Morgan fingerprint density at radius 1 is 0.879 bits per heavy atom. The highest BCUT2D eigenvalue weighted by atomic mass is 31.2. The number of hydrogen-bond acceptors (Lipinski definition) is 9. The van der Waals surface area contributed by atoms with Crippen LogP contribution < -0.4 is 0 Å². The van der Waals surface area contributed by atoms with Crippen LogP contribution in [0.5, 0.6) is 0 Å². The molecular formula is C21H34O10P2. The summed E-state index contributed by atoms with van der Waals surface area (Å²) in [5, 5.41) is 8.29. The Hall–Kier alpha value is -1.54. The van der Waals surface area contributed by atoms with E-state index < -0.39 is 44.4 Å². The van der Waals surface area contributed by atoms with Crippen LogP contribution in [0.4, 0.5) is 0 Å². The fraction of sp³-hybridized carbons (Fsp3) is 0.619. The number of benzene rings is 1. The zero-order chi connectivity index (χ0) is 25.1. The lowest BCUT2D eigenvalue weighted by atomic mass is 9.87. The third kappa shape index (κ3) is 7.74. The average Bonchev–Trinajstić information content (AvgIpc) is 2.76. The molecule has 0 amide bonds. The topological polar surface area (TPSA) is 135 Å². The van der Waals surface area contributed by atoms with E-state index in [9.17, 15) is 23.8 Å². The van der Waals surface area contributed by atoms with Gasteiger partial charge in [0.15, 0.2) is 10.8 Å². The van der Waals surface area contributed by atoms with Gasteiger partial charge in [-0.15, -0.1) is 0 Å². The van der Waals surface area contributed by atoms with Crippen molar-refractivity contribution in [3.8, 4) is 0 Å². The second-order valence-corrected chi connectivity index (χ2v) is 12.0. The molecular weight excluding hydrogens is 474 g/mol. The molecule has 0 aliphatic carbocycles. The molecule has 12 heteroatoms. The van der Waals surface area contributed by atoms with E-state index in [1.54, 1.807) is 58.0 Å². The number of esters is 1. The van der Waals surface area contributed by atoms with Crippen molar-refractivity contribution < 1.29 is 46.7 Å². The van der Waals surface area contributed by atoms with E-state index in [-0.39, 0.29) is 33.0 Å². The maximum Gasteiger partial charge on any atom is 0.345 e. The van der Waals surface area contributed by atoms with Gasteiger partial charge in [0.2, 0.25) is 0 Å². The number of carboxylic acid groups (broad SMARTS) is 1. The predicted molar refractivity (Wildman–Crippen MR) is 122 cm³/mol. The van der Waals surface area contributed by atoms with Crippen molar-refractivity contribution >= 4 is 27.1 Å². The van der Waals surface area contributed by atoms with E-state index in [0.717, 1.165) is 6.92 Å². The van der Waals surface area contributed by atoms with Crippen molar-refractivity contribution in [3.63, 3.8) is 0 Å². The molecule has 1 aromatic carbocycles. The van der Waals surface area contributed by atoms with Crippen LogP contribution >= 0.6 is 15.2 Å². The first-order chi connectivity index (χ1) is 15.5. The third-order valence-electron chi connectivity index (χ3n) is 4.69. The Bertz CT molecular complexity index is 810. The van der Waals surface area contributed by atoms with E-state index in [1.807, 2.05) is 0 Å². The Labute approximate surface area is 195 Å². The minimum absolute atomic E-state index is 0.0751. The monoisotopic (exact) mass is 508 g/mol. The van der Waals surface area contributed by atoms with Gasteiger partial charge in [-0.05, 0) is 46.6 Å². The standard InChI is InChI=1S/C21H34O10P2/c1-6-28-32(25,29-7-2)18(33(26,30-8-3)31-9-4)15-21(5,19(22)23)20(24)27-16-17-13-11-10-12-14-17/h10-14,18H,6-9,15-16H2,1-5H3,(H,22,23). The third-order valence-corrected chi connectivity index (χ3v) is 10.7. The Morgan fingerprint density at radius 2 is 1.30 bits per heavy atom. The van der Waals surface area contributed by atoms with Gasteiger partial charge < -0.3 is 27.9 Å². The smallest absolute Gasteiger partial charge is 0.345 e. The van der Waals surface area contributed by atoms with Crippen LogP contribution in [-0.4, -0.2) is 48.9 Å². The summed E-state index contributed by atoms with van der Waals surface area (Å²) in [6, 6.07) is 8.71. The van der Waals surface area contributed by atoms with Crippen molar-refractivity contribution in [1.82, 2.24) is 0 Å². The number of carboxylic acids is 1. The Kier molecular flexibility index (Phi) is 12.0. The molecule has 10 nitrogen and oxygen atoms in total. The summed E-state index contributed by atoms with van der Waals surface area (Å²) in [5.74, 6) is -2.65. The van der Waals surface area contributed by atoms with E-state index in [1.165, 1.54) is 0 Å². The molecule has 0 fully saturated rings. The van der Waals surface area contributed by atoms with Gasteiger partial charge in [0, 0.05) is 0 Å². The SMILES string of the molecule is CCOP(=O)(OCC)C(CC(C)(C(=O)O)C(=O)OCc1ccccc1)P(=O)(OCC)OCC. The van der Waals surface area contributed by atoms with Crippen LogP contribution in [-0.2, 0) is 48.2 Å². The van der Waals surface area contributed by atoms with Crippen LogP contribution in [0.2, 0.25) is 0 Å². The molecule has 0 aliphatic rings. The van der Waals surface area contributed by atoms with Gasteiger partial charge in [0.05, 0.1) is 26.4 Å². The molecule has 0 spiro atoms. The highest BCUT2D eigenvalue weighted by molar-refractivity contribution is 7.72. The molecule has 0 saturated heterocycles. The molecule has 0 bridgehead atoms. The molecule has 0 heterocycles. The number of ether oxygens (including phenoxy) is 1.